The van der Waals surface area contributed by atoms with E-state index in [2.05, 4.69) is 20.4 Å². The van der Waals surface area contributed by atoms with Gasteiger partial charge in [0.15, 0.2) is 5.13 Å². The zero-order valence-corrected chi connectivity index (χ0v) is 15.9. The number of aromatic nitrogens is 4. The SMILES string of the molecule is Cc1nc(C)n(C[C@@H](C)C(=O)Nc2nc(-c3ccc(F)c(C)c3)cs2)n1. The van der Waals surface area contributed by atoms with Crippen LogP contribution >= 0.6 is 11.3 Å². The summed E-state index contributed by atoms with van der Waals surface area (Å²) in [6, 6.07) is 4.85. The second-order valence-corrected chi connectivity index (χ2v) is 7.14. The number of hydrogen-bond acceptors (Lipinski definition) is 5. The number of nitrogens with one attached hydrogen (secondary N) is 1. The van der Waals surface area contributed by atoms with Gasteiger partial charge in [0.25, 0.3) is 0 Å². The minimum Gasteiger partial charge on any atom is -0.302 e. The Balaban J connectivity index is 1.67. The van der Waals surface area contributed by atoms with E-state index in [-0.39, 0.29) is 17.6 Å². The Kier molecular flexibility index (Phi) is 5.13. The number of carbonyl (C=O) groups is 1. The second kappa shape index (κ2) is 7.33. The molecule has 26 heavy (non-hydrogen) atoms. The molecule has 8 heteroatoms. The van der Waals surface area contributed by atoms with Crippen LogP contribution in [0.15, 0.2) is 23.6 Å². The molecule has 3 aromatic rings. The highest BCUT2D eigenvalue weighted by Gasteiger charge is 2.17. The van der Waals surface area contributed by atoms with Crippen LogP contribution < -0.4 is 5.32 Å². The van der Waals surface area contributed by atoms with Crippen molar-refractivity contribution >= 4 is 22.4 Å². The van der Waals surface area contributed by atoms with Gasteiger partial charge in [-0.05, 0) is 44.5 Å². The lowest BCUT2D eigenvalue weighted by molar-refractivity contribution is -0.119. The zero-order valence-electron chi connectivity index (χ0n) is 15.1. The number of hydrogen-bond donors (Lipinski definition) is 1. The van der Waals surface area contributed by atoms with Crippen molar-refractivity contribution in [1.29, 1.82) is 0 Å². The van der Waals surface area contributed by atoms with Gasteiger partial charge in [-0.15, -0.1) is 11.3 Å². The van der Waals surface area contributed by atoms with Gasteiger partial charge in [-0.2, -0.15) is 5.10 Å². The van der Waals surface area contributed by atoms with Crippen molar-refractivity contribution in [2.45, 2.75) is 34.2 Å². The predicted molar refractivity (Wildman–Crippen MR) is 99.5 cm³/mol. The maximum atomic E-state index is 13.4. The number of rotatable bonds is 5. The molecule has 0 fully saturated rings. The van der Waals surface area contributed by atoms with Crippen molar-refractivity contribution in [1.82, 2.24) is 19.7 Å². The summed E-state index contributed by atoms with van der Waals surface area (Å²) in [6.07, 6.45) is 0. The maximum absolute atomic E-state index is 13.4. The summed E-state index contributed by atoms with van der Waals surface area (Å²) in [7, 11) is 0. The first kappa shape index (κ1) is 18.2. The van der Waals surface area contributed by atoms with Crippen LogP contribution in [0.3, 0.4) is 0 Å². The molecule has 2 aromatic heterocycles. The summed E-state index contributed by atoms with van der Waals surface area (Å²) >= 11 is 1.34. The molecule has 0 saturated heterocycles. The fourth-order valence-corrected chi connectivity index (χ4v) is 3.30. The van der Waals surface area contributed by atoms with E-state index < -0.39 is 0 Å². The maximum Gasteiger partial charge on any atom is 0.230 e. The number of nitrogens with zero attached hydrogens (tertiary/aromatic N) is 4. The third-order valence-electron chi connectivity index (χ3n) is 4.04. The Morgan fingerprint density at radius 2 is 2.08 bits per heavy atom. The second-order valence-electron chi connectivity index (χ2n) is 6.28. The van der Waals surface area contributed by atoms with Crippen LogP contribution in [0.25, 0.3) is 11.3 Å². The van der Waals surface area contributed by atoms with Gasteiger partial charge in [-0.25, -0.2) is 19.0 Å². The first-order valence-corrected chi connectivity index (χ1v) is 9.12. The Hall–Kier alpha value is -2.61. The van der Waals surface area contributed by atoms with Gasteiger partial charge in [0.1, 0.15) is 17.5 Å². The van der Waals surface area contributed by atoms with Crippen molar-refractivity contribution < 1.29 is 9.18 Å². The molecule has 0 unspecified atom stereocenters. The quantitative estimate of drug-likeness (QED) is 0.739. The number of aryl methyl sites for hydroxylation is 3. The van der Waals surface area contributed by atoms with E-state index in [9.17, 15) is 9.18 Å². The molecule has 0 bridgehead atoms. The summed E-state index contributed by atoms with van der Waals surface area (Å²) in [6.45, 7) is 7.69. The molecule has 0 saturated carbocycles. The normalized spacial score (nSPS) is 12.2. The summed E-state index contributed by atoms with van der Waals surface area (Å²) < 4.78 is 15.1. The summed E-state index contributed by atoms with van der Waals surface area (Å²) in [5, 5.41) is 9.48. The van der Waals surface area contributed by atoms with Crippen LogP contribution in [-0.2, 0) is 11.3 Å². The van der Waals surface area contributed by atoms with Gasteiger partial charge >= 0.3 is 0 Å². The Bertz CT molecular complexity index is 949. The number of anilines is 1. The van der Waals surface area contributed by atoms with Crippen molar-refractivity contribution in [3.63, 3.8) is 0 Å². The molecule has 2 heterocycles. The smallest absolute Gasteiger partial charge is 0.230 e. The predicted octanol–water partition coefficient (Wildman–Crippen LogP) is 3.74. The highest BCUT2D eigenvalue weighted by molar-refractivity contribution is 7.14. The highest BCUT2D eigenvalue weighted by Crippen LogP contribution is 2.26. The van der Waals surface area contributed by atoms with Crippen molar-refractivity contribution in [3.8, 4) is 11.3 Å². The zero-order chi connectivity index (χ0) is 18.8. The molecule has 0 aliphatic carbocycles. The molecule has 136 valence electrons. The van der Waals surface area contributed by atoms with Crippen LogP contribution in [-0.4, -0.2) is 25.7 Å². The lowest BCUT2D eigenvalue weighted by Gasteiger charge is -2.11. The lowest BCUT2D eigenvalue weighted by Crippen LogP contribution is -2.25. The Morgan fingerprint density at radius 1 is 1.31 bits per heavy atom. The van der Waals surface area contributed by atoms with Crippen molar-refractivity contribution in [3.05, 3.63) is 46.6 Å². The molecule has 1 atom stereocenters. The number of benzene rings is 1. The van der Waals surface area contributed by atoms with Gasteiger partial charge < -0.3 is 5.32 Å². The fraction of sp³-hybridized carbons (Fsp3) is 0.333. The molecule has 1 amide bonds. The molecule has 1 aromatic carbocycles. The summed E-state index contributed by atoms with van der Waals surface area (Å²) in [4.78, 5) is 21.1. The molecule has 6 nitrogen and oxygen atoms in total. The van der Waals surface area contributed by atoms with E-state index in [0.717, 1.165) is 11.4 Å². The molecule has 0 spiro atoms. The first-order chi connectivity index (χ1) is 12.3. The molecular formula is C18H20FN5OS. The number of halogens is 1. The van der Waals surface area contributed by atoms with Gasteiger partial charge in [0.2, 0.25) is 5.91 Å². The highest BCUT2D eigenvalue weighted by atomic mass is 32.1. The molecule has 0 aliphatic heterocycles. The summed E-state index contributed by atoms with van der Waals surface area (Å²) in [5.41, 5.74) is 2.10. The molecular weight excluding hydrogens is 353 g/mol. The van der Waals surface area contributed by atoms with Crippen LogP contribution in [0.1, 0.15) is 24.1 Å². The van der Waals surface area contributed by atoms with Crippen molar-refractivity contribution in [2.24, 2.45) is 5.92 Å². The van der Waals surface area contributed by atoms with E-state index in [1.807, 2.05) is 26.2 Å². The van der Waals surface area contributed by atoms with E-state index in [0.29, 0.717) is 28.8 Å². The Labute approximate surface area is 155 Å². The monoisotopic (exact) mass is 373 g/mol. The number of carbonyl (C=O) groups excluding carboxylic acids is 1. The van der Waals surface area contributed by atoms with Gasteiger partial charge in [0, 0.05) is 10.9 Å². The van der Waals surface area contributed by atoms with E-state index in [1.165, 1.54) is 17.4 Å². The minimum absolute atomic E-state index is 0.131. The third-order valence-corrected chi connectivity index (χ3v) is 4.80. The van der Waals surface area contributed by atoms with E-state index in [4.69, 9.17) is 0 Å². The third kappa shape index (κ3) is 3.96. The lowest BCUT2D eigenvalue weighted by atomic mass is 10.1. The van der Waals surface area contributed by atoms with Crippen LogP contribution in [0.4, 0.5) is 9.52 Å². The molecule has 3 rings (SSSR count). The number of amides is 1. The standard InChI is InChI=1S/C18H20FN5OS/c1-10-7-14(5-6-15(10)19)16-9-26-18(21-16)22-17(25)11(2)8-24-13(4)20-12(3)23-24/h5-7,9,11H,8H2,1-4H3,(H,21,22,25)/t11-/m1/s1. The van der Waals surface area contributed by atoms with E-state index in [1.54, 1.807) is 23.7 Å². The Morgan fingerprint density at radius 3 is 2.73 bits per heavy atom. The van der Waals surface area contributed by atoms with Crippen LogP contribution in [0.2, 0.25) is 0 Å². The average Bonchev–Trinajstić information content (AvgIpc) is 3.16. The molecule has 1 N–H and O–H groups in total. The van der Waals surface area contributed by atoms with Crippen LogP contribution in [0.5, 0.6) is 0 Å². The average molecular weight is 373 g/mol. The topological polar surface area (TPSA) is 72.7 Å². The minimum atomic E-state index is -0.282. The van der Waals surface area contributed by atoms with E-state index >= 15 is 0 Å². The van der Waals surface area contributed by atoms with Gasteiger partial charge in [0.05, 0.1) is 18.2 Å². The number of thiazole rings is 1. The largest absolute Gasteiger partial charge is 0.302 e. The van der Waals surface area contributed by atoms with Crippen molar-refractivity contribution in [2.75, 3.05) is 5.32 Å². The van der Waals surface area contributed by atoms with Gasteiger partial charge in [-0.3, -0.25) is 4.79 Å². The fourth-order valence-electron chi connectivity index (χ4n) is 2.57. The summed E-state index contributed by atoms with van der Waals surface area (Å²) in [5.74, 6) is 0.813. The molecule has 0 aliphatic rings. The van der Waals surface area contributed by atoms with Gasteiger partial charge in [-0.1, -0.05) is 6.92 Å². The molecule has 0 radical (unpaired) electrons. The first-order valence-electron chi connectivity index (χ1n) is 8.24. The van der Waals surface area contributed by atoms with Crippen LogP contribution in [0, 0.1) is 32.5 Å².